The maximum atomic E-state index is 13.6. The van der Waals surface area contributed by atoms with Crippen LogP contribution >= 0.6 is 11.6 Å². The van der Waals surface area contributed by atoms with Gasteiger partial charge in [0.05, 0.1) is 10.6 Å². The van der Waals surface area contributed by atoms with E-state index < -0.39 is 23.4 Å². The first-order chi connectivity index (χ1) is 9.79. The van der Waals surface area contributed by atoms with Crippen molar-refractivity contribution in [2.24, 2.45) is 0 Å². The van der Waals surface area contributed by atoms with Crippen LogP contribution in [0.3, 0.4) is 0 Å². The Morgan fingerprint density at radius 1 is 1.05 bits per heavy atom. The van der Waals surface area contributed by atoms with Gasteiger partial charge in [-0.2, -0.15) is 13.2 Å². The molecule has 0 saturated heterocycles. The molecule has 0 heterocycles. The number of nitrogens with one attached hydrogen (secondary N) is 1. The zero-order valence-electron chi connectivity index (χ0n) is 10.4. The van der Waals surface area contributed by atoms with Crippen molar-refractivity contribution in [3.8, 4) is 0 Å². The van der Waals surface area contributed by atoms with Gasteiger partial charge in [0.1, 0.15) is 11.6 Å². The fourth-order valence-corrected chi connectivity index (χ4v) is 1.93. The first kappa shape index (κ1) is 15.6. The Kier molecular flexibility index (Phi) is 4.37. The van der Waals surface area contributed by atoms with Crippen LogP contribution in [0, 0.1) is 11.6 Å². The molecule has 0 spiro atoms. The molecule has 0 aliphatic carbocycles. The molecule has 0 aliphatic heterocycles. The van der Waals surface area contributed by atoms with Gasteiger partial charge in [-0.25, -0.2) is 8.78 Å². The van der Waals surface area contributed by atoms with Crippen LogP contribution in [-0.4, -0.2) is 0 Å². The number of hydrogen-bond donors (Lipinski definition) is 1. The van der Waals surface area contributed by atoms with E-state index in [-0.39, 0.29) is 22.8 Å². The van der Waals surface area contributed by atoms with Crippen molar-refractivity contribution < 1.29 is 22.0 Å². The maximum absolute atomic E-state index is 13.6. The Bertz CT molecular complexity index is 654. The average Bonchev–Trinajstić information content (AvgIpc) is 2.40. The first-order valence-corrected chi connectivity index (χ1v) is 6.20. The first-order valence-electron chi connectivity index (χ1n) is 5.82. The molecular formula is C14H9ClF5N. The molecule has 1 N–H and O–H groups in total. The maximum Gasteiger partial charge on any atom is 0.419 e. The van der Waals surface area contributed by atoms with Crippen LogP contribution in [0.2, 0.25) is 5.02 Å². The summed E-state index contributed by atoms with van der Waals surface area (Å²) in [7, 11) is 0. The quantitative estimate of drug-likeness (QED) is 0.761. The lowest BCUT2D eigenvalue weighted by Crippen LogP contribution is -2.09. The van der Waals surface area contributed by atoms with Gasteiger partial charge in [-0.15, -0.1) is 0 Å². The Morgan fingerprint density at radius 2 is 1.76 bits per heavy atom. The minimum absolute atomic E-state index is 0.0306. The molecule has 7 heteroatoms. The molecule has 0 aliphatic rings. The lowest BCUT2D eigenvalue weighted by Gasteiger charge is -2.12. The number of halogens is 6. The molecule has 21 heavy (non-hydrogen) atoms. The highest BCUT2D eigenvalue weighted by molar-refractivity contribution is 6.30. The van der Waals surface area contributed by atoms with E-state index in [1.54, 1.807) is 0 Å². The average molecular weight is 322 g/mol. The molecule has 0 amide bonds. The van der Waals surface area contributed by atoms with Gasteiger partial charge in [0.25, 0.3) is 0 Å². The molecule has 0 aromatic heterocycles. The molecule has 0 saturated carbocycles. The normalized spacial score (nSPS) is 11.5. The topological polar surface area (TPSA) is 12.0 Å². The predicted octanol–water partition coefficient (Wildman–Crippen LogP) is 5.25. The molecule has 0 bridgehead atoms. The van der Waals surface area contributed by atoms with Crippen LogP contribution in [0.15, 0.2) is 36.4 Å². The number of hydrogen-bond acceptors (Lipinski definition) is 1. The van der Waals surface area contributed by atoms with Crippen molar-refractivity contribution in [1.82, 2.24) is 0 Å². The third-order valence-electron chi connectivity index (χ3n) is 2.79. The summed E-state index contributed by atoms with van der Waals surface area (Å²) < 4.78 is 64.4. The lowest BCUT2D eigenvalue weighted by atomic mass is 10.1. The lowest BCUT2D eigenvalue weighted by molar-refractivity contribution is -0.139. The number of benzene rings is 2. The van der Waals surface area contributed by atoms with Gasteiger partial charge in [-0.3, -0.25) is 0 Å². The summed E-state index contributed by atoms with van der Waals surface area (Å²) in [6, 6.07) is 6.82. The minimum Gasteiger partial charge on any atom is -0.381 e. The van der Waals surface area contributed by atoms with E-state index in [2.05, 4.69) is 5.32 Å². The second-order valence-corrected chi connectivity index (χ2v) is 4.67. The number of rotatable bonds is 3. The molecule has 2 aromatic rings. The second-order valence-electron chi connectivity index (χ2n) is 4.26. The van der Waals surface area contributed by atoms with E-state index in [1.807, 2.05) is 0 Å². The fraction of sp³-hybridized carbons (Fsp3) is 0.143. The number of alkyl halides is 3. The minimum atomic E-state index is -4.79. The highest BCUT2D eigenvalue weighted by Crippen LogP contribution is 2.33. The molecule has 2 rings (SSSR count). The van der Waals surface area contributed by atoms with Gasteiger partial charge >= 0.3 is 6.18 Å². The van der Waals surface area contributed by atoms with Crippen LogP contribution < -0.4 is 5.32 Å². The van der Waals surface area contributed by atoms with Crippen LogP contribution in [0.1, 0.15) is 11.1 Å². The van der Waals surface area contributed by atoms with Gasteiger partial charge < -0.3 is 5.32 Å². The van der Waals surface area contributed by atoms with E-state index >= 15 is 0 Å². The van der Waals surface area contributed by atoms with Crippen molar-refractivity contribution in [3.63, 3.8) is 0 Å². The van der Waals surface area contributed by atoms with Crippen molar-refractivity contribution in [2.75, 3.05) is 5.32 Å². The van der Waals surface area contributed by atoms with Crippen molar-refractivity contribution >= 4 is 17.3 Å². The van der Waals surface area contributed by atoms with E-state index in [1.165, 1.54) is 18.2 Å². The molecule has 0 atom stereocenters. The largest absolute Gasteiger partial charge is 0.419 e. The summed E-state index contributed by atoms with van der Waals surface area (Å²) >= 11 is 5.60. The highest BCUT2D eigenvalue weighted by Gasteiger charge is 2.34. The Labute approximate surface area is 122 Å². The summed E-state index contributed by atoms with van der Waals surface area (Å²) in [5, 5.41) is 2.52. The van der Waals surface area contributed by atoms with Crippen molar-refractivity contribution in [3.05, 3.63) is 64.2 Å². The third-order valence-corrected chi connectivity index (χ3v) is 3.08. The Morgan fingerprint density at radius 3 is 2.43 bits per heavy atom. The van der Waals surface area contributed by atoms with E-state index in [0.717, 1.165) is 6.07 Å². The van der Waals surface area contributed by atoms with Crippen LogP contribution in [0.4, 0.5) is 27.6 Å². The molecule has 0 radical (unpaired) electrons. The van der Waals surface area contributed by atoms with Crippen molar-refractivity contribution in [1.29, 1.82) is 0 Å². The van der Waals surface area contributed by atoms with Crippen LogP contribution in [-0.2, 0) is 12.7 Å². The van der Waals surface area contributed by atoms with Gasteiger partial charge in [-0.1, -0.05) is 23.7 Å². The second kappa shape index (κ2) is 5.89. The molecule has 2 aromatic carbocycles. The molecular weight excluding hydrogens is 313 g/mol. The third kappa shape index (κ3) is 3.64. The van der Waals surface area contributed by atoms with Gasteiger partial charge in [0, 0.05) is 17.8 Å². The molecule has 0 unspecified atom stereocenters. The molecule has 1 nitrogen and oxygen atoms in total. The van der Waals surface area contributed by atoms with Crippen LogP contribution in [0.5, 0.6) is 0 Å². The van der Waals surface area contributed by atoms with Gasteiger partial charge in [0.15, 0.2) is 0 Å². The summed E-state index contributed by atoms with van der Waals surface area (Å²) in [6.07, 6.45) is -4.79. The summed E-state index contributed by atoms with van der Waals surface area (Å²) in [5.74, 6) is -2.01. The van der Waals surface area contributed by atoms with E-state index in [0.29, 0.717) is 12.1 Å². The predicted molar refractivity (Wildman–Crippen MR) is 70.1 cm³/mol. The zero-order valence-corrected chi connectivity index (χ0v) is 11.2. The molecule has 112 valence electrons. The number of anilines is 1. The summed E-state index contributed by atoms with van der Waals surface area (Å²) in [5.41, 5.74) is -1.15. The SMILES string of the molecule is Fc1ccc(NCc2cccc(Cl)c2F)cc1C(F)(F)F. The standard InChI is InChI=1S/C14H9ClF5N/c15-11-3-1-2-8(13(11)17)7-21-9-4-5-12(16)10(6-9)14(18,19)20/h1-6,21H,7H2. The summed E-state index contributed by atoms with van der Waals surface area (Å²) in [6.45, 7) is -0.0741. The van der Waals surface area contributed by atoms with Crippen molar-refractivity contribution in [2.45, 2.75) is 12.7 Å². The monoisotopic (exact) mass is 321 g/mol. The Balaban J connectivity index is 2.19. The van der Waals surface area contributed by atoms with Gasteiger partial charge in [0.2, 0.25) is 0 Å². The van der Waals surface area contributed by atoms with E-state index in [4.69, 9.17) is 11.6 Å². The zero-order chi connectivity index (χ0) is 15.6. The fourth-order valence-electron chi connectivity index (χ4n) is 1.73. The highest BCUT2D eigenvalue weighted by atomic mass is 35.5. The smallest absolute Gasteiger partial charge is 0.381 e. The van der Waals surface area contributed by atoms with Gasteiger partial charge in [-0.05, 0) is 24.3 Å². The Hall–Kier alpha value is -1.82. The van der Waals surface area contributed by atoms with Crippen LogP contribution in [0.25, 0.3) is 0 Å². The molecule has 0 fully saturated rings. The summed E-state index contributed by atoms with van der Waals surface area (Å²) in [4.78, 5) is 0. The van der Waals surface area contributed by atoms with E-state index in [9.17, 15) is 22.0 Å².